The first-order valence-corrected chi connectivity index (χ1v) is 11.2. The van der Waals surface area contributed by atoms with E-state index in [-0.39, 0.29) is 40.4 Å². The highest BCUT2D eigenvalue weighted by molar-refractivity contribution is 5.82. The Morgan fingerprint density at radius 3 is 1.20 bits per heavy atom. The number of carboxylic acid groups (broad SMARTS) is 2. The minimum Gasteiger partial charge on any atom is -0.481 e. The van der Waals surface area contributed by atoms with Crippen LogP contribution in [-0.2, 0) is 9.59 Å². The molecule has 0 bridgehead atoms. The molecule has 2 saturated heterocycles. The quantitative estimate of drug-likeness (QED) is 0.684. The average Bonchev–Trinajstić information content (AvgIpc) is 2.53. The van der Waals surface area contributed by atoms with Gasteiger partial charge in [-0.25, -0.2) is 0 Å². The maximum absolute atomic E-state index is 13.1. The van der Waals surface area contributed by atoms with Gasteiger partial charge in [0.2, 0.25) is 0 Å². The van der Waals surface area contributed by atoms with E-state index in [1.807, 2.05) is 0 Å². The summed E-state index contributed by atoms with van der Waals surface area (Å²) in [6.07, 6.45) is 2.41. The fraction of sp³-hybridized carbons (Fsp3) is 0.917. The Morgan fingerprint density at radius 2 is 1.00 bits per heavy atom. The van der Waals surface area contributed by atoms with Gasteiger partial charge in [-0.3, -0.25) is 19.4 Å². The van der Waals surface area contributed by atoms with Gasteiger partial charge in [0.25, 0.3) is 0 Å². The smallest absolute Gasteiger partial charge is 0.310 e. The third kappa shape index (κ3) is 4.14. The van der Waals surface area contributed by atoms with Crippen molar-refractivity contribution in [1.82, 2.24) is 9.80 Å². The highest BCUT2D eigenvalue weighted by Gasteiger charge is 2.61. The van der Waals surface area contributed by atoms with Crippen molar-refractivity contribution in [2.24, 2.45) is 17.3 Å². The first-order chi connectivity index (χ1) is 13.3. The maximum Gasteiger partial charge on any atom is 0.310 e. The van der Waals surface area contributed by atoms with Crippen molar-refractivity contribution in [3.05, 3.63) is 0 Å². The number of carbonyl (C=O) groups is 2. The summed E-state index contributed by atoms with van der Waals surface area (Å²) in [5.41, 5.74) is -2.11. The molecule has 2 aliphatic heterocycles. The molecule has 0 aromatic carbocycles. The van der Waals surface area contributed by atoms with Crippen LogP contribution in [0.4, 0.5) is 0 Å². The molecule has 0 aromatic heterocycles. The van der Waals surface area contributed by atoms with Crippen LogP contribution in [0.5, 0.6) is 0 Å². The van der Waals surface area contributed by atoms with Crippen molar-refractivity contribution < 1.29 is 19.8 Å². The van der Waals surface area contributed by atoms with Gasteiger partial charge in [0, 0.05) is 22.2 Å². The van der Waals surface area contributed by atoms with Gasteiger partial charge in [-0.05, 0) is 107 Å². The number of hydrogen-bond acceptors (Lipinski definition) is 4. The number of likely N-dealkylation sites (tertiary alicyclic amines) is 2. The molecule has 0 amide bonds. The van der Waals surface area contributed by atoms with Gasteiger partial charge < -0.3 is 10.2 Å². The van der Waals surface area contributed by atoms with E-state index in [2.05, 4.69) is 79.3 Å². The van der Waals surface area contributed by atoms with Crippen LogP contribution in [0.1, 0.15) is 87.5 Å². The third-order valence-corrected chi connectivity index (χ3v) is 8.91. The minimum atomic E-state index is -1.28. The molecule has 2 heterocycles. The Morgan fingerprint density at radius 1 is 0.733 bits per heavy atom. The fourth-order valence-electron chi connectivity index (χ4n) is 6.77. The zero-order valence-electron chi connectivity index (χ0n) is 20.8. The first-order valence-electron chi connectivity index (χ1n) is 11.2. The summed E-state index contributed by atoms with van der Waals surface area (Å²) in [6.45, 7) is 17.2. The van der Waals surface area contributed by atoms with Crippen LogP contribution >= 0.6 is 0 Å². The highest BCUT2D eigenvalue weighted by Crippen LogP contribution is 2.57. The molecule has 0 aromatic rings. The largest absolute Gasteiger partial charge is 0.481 e. The monoisotopic (exact) mass is 424 g/mol. The molecule has 174 valence electrons. The van der Waals surface area contributed by atoms with Crippen LogP contribution in [0.25, 0.3) is 0 Å². The van der Waals surface area contributed by atoms with E-state index in [0.29, 0.717) is 25.7 Å². The van der Waals surface area contributed by atoms with Crippen LogP contribution in [0, 0.1) is 17.3 Å². The zero-order chi connectivity index (χ0) is 23.5. The molecule has 30 heavy (non-hydrogen) atoms. The van der Waals surface area contributed by atoms with Crippen LogP contribution in [0.3, 0.4) is 0 Å². The fourth-order valence-corrected chi connectivity index (χ4v) is 6.77. The predicted molar refractivity (Wildman–Crippen MR) is 120 cm³/mol. The van der Waals surface area contributed by atoms with Crippen molar-refractivity contribution in [2.45, 2.75) is 110 Å². The summed E-state index contributed by atoms with van der Waals surface area (Å²) in [5.74, 6) is -2.35. The normalized spacial score (nSPS) is 27.7. The Kier molecular flexibility index (Phi) is 6.26. The van der Waals surface area contributed by atoms with E-state index in [9.17, 15) is 19.8 Å². The lowest BCUT2D eigenvalue weighted by Crippen LogP contribution is -2.66. The molecular weight excluding hydrogens is 380 g/mol. The maximum atomic E-state index is 13.1. The average molecular weight is 425 g/mol. The highest BCUT2D eigenvalue weighted by atomic mass is 16.4. The molecule has 0 aliphatic carbocycles. The molecule has 6 nitrogen and oxygen atoms in total. The van der Waals surface area contributed by atoms with Gasteiger partial charge in [0.15, 0.2) is 0 Å². The predicted octanol–water partition coefficient (Wildman–Crippen LogP) is 4.33. The van der Waals surface area contributed by atoms with Gasteiger partial charge in [-0.15, -0.1) is 0 Å². The molecule has 0 unspecified atom stereocenters. The lowest BCUT2D eigenvalue weighted by atomic mass is 9.52. The number of carboxylic acids is 2. The number of hydrogen-bond donors (Lipinski definition) is 2. The first kappa shape index (κ1) is 25.1. The number of rotatable bonds is 5. The van der Waals surface area contributed by atoms with Crippen LogP contribution in [0.15, 0.2) is 0 Å². The summed E-state index contributed by atoms with van der Waals surface area (Å²) < 4.78 is 0. The van der Waals surface area contributed by atoms with Gasteiger partial charge in [0.05, 0.1) is 11.8 Å². The van der Waals surface area contributed by atoms with E-state index in [1.54, 1.807) is 0 Å². The molecular formula is C24H44N2O4. The van der Waals surface area contributed by atoms with Crippen molar-refractivity contribution in [2.75, 3.05) is 14.1 Å². The van der Waals surface area contributed by atoms with E-state index < -0.39 is 17.4 Å². The number of piperidine rings is 2. The number of nitrogens with zero attached hydrogens (tertiary/aromatic N) is 2. The molecule has 2 rings (SSSR count). The molecule has 0 radical (unpaired) electrons. The Hall–Kier alpha value is -1.14. The molecule has 2 aliphatic rings. The molecule has 0 spiro atoms. The Bertz CT molecular complexity index is 617. The second-order valence-electron chi connectivity index (χ2n) is 12.5. The molecule has 2 fully saturated rings. The van der Waals surface area contributed by atoms with E-state index >= 15 is 0 Å². The second-order valence-corrected chi connectivity index (χ2v) is 12.5. The third-order valence-electron chi connectivity index (χ3n) is 8.91. The summed E-state index contributed by atoms with van der Waals surface area (Å²) in [6, 6.07) is 0. The molecule has 6 heteroatoms. The van der Waals surface area contributed by atoms with Crippen molar-refractivity contribution in [1.29, 1.82) is 0 Å². The summed E-state index contributed by atoms with van der Waals surface area (Å²) in [5, 5.41) is 20.6. The summed E-state index contributed by atoms with van der Waals surface area (Å²) in [4.78, 5) is 29.8. The van der Waals surface area contributed by atoms with Crippen molar-refractivity contribution in [3.63, 3.8) is 0 Å². The van der Waals surface area contributed by atoms with Crippen molar-refractivity contribution >= 4 is 11.9 Å². The van der Waals surface area contributed by atoms with Crippen molar-refractivity contribution in [3.8, 4) is 0 Å². The minimum absolute atomic E-state index is 0.202. The summed E-state index contributed by atoms with van der Waals surface area (Å²) in [7, 11) is 4.19. The molecule has 2 N–H and O–H groups in total. The van der Waals surface area contributed by atoms with Gasteiger partial charge in [-0.1, -0.05) is 0 Å². The van der Waals surface area contributed by atoms with Gasteiger partial charge in [0.1, 0.15) is 0 Å². The Labute approximate surface area is 183 Å². The standard InChI is InChI=1S/C24H44N2O4/c1-20(2)11-16(12-21(3,4)25(20)9)24(19(29)30,15-18(27)28)17-13-22(5,6)26(10)23(7,8)14-17/h16-17H,11-15H2,1-10H3,(H,27,28)(H,29,30). The molecule has 0 saturated carbocycles. The number of aliphatic carboxylic acids is 2. The molecule has 0 atom stereocenters. The van der Waals surface area contributed by atoms with Gasteiger partial charge in [-0.2, -0.15) is 0 Å². The SMILES string of the molecule is CN1C(C)(C)CC(C(CC(=O)O)(C(=O)O)C2CC(C)(C)N(C)C(C)(C)C2)CC1(C)C. The van der Waals surface area contributed by atoms with E-state index in [0.717, 1.165) is 0 Å². The Balaban J connectivity index is 2.65. The van der Waals surface area contributed by atoms with E-state index in [1.165, 1.54) is 0 Å². The van der Waals surface area contributed by atoms with E-state index in [4.69, 9.17) is 0 Å². The lowest BCUT2D eigenvalue weighted by Gasteiger charge is -2.61. The van der Waals surface area contributed by atoms with Gasteiger partial charge >= 0.3 is 11.9 Å². The second kappa shape index (κ2) is 7.47. The summed E-state index contributed by atoms with van der Waals surface area (Å²) >= 11 is 0. The van der Waals surface area contributed by atoms with Crippen LogP contribution in [0.2, 0.25) is 0 Å². The zero-order valence-corrected chi connectivity index (χ0v) is 20.8. The lowest BCUT2D eigenvalue weighted by molar-refractivity contribution is -0.181. The van der Waals surface area contributed by atoms with Crippen LogP contribution in [-0.4, -0.2) is 68.2 Å². The van der Waals surface area contributed by atoms with Crippen LogP contribution < -0.4 is 0 Å². The topological polar surface area (TPSA) is 81.1 Å².